The number of aliphatic carboxylic acids is 1. The molecule has 0 spiro atoms. The molecule has 0 saturated carbocycles. The Bertz CT molecular complexity index is 483. The van der Waals surface area contributed by atoms with Crippen LogP contribution in [0.2, 0.25) is 5.02 Å². The summed E-state index contributed by atoms with van der Waals surface area (Å²) in [5.41, 5.74) is -0.717. The Balaban J connectivity index is 2.15. The smallest absolute Gasteiger partial charge is 0.329 e. The lowest BCUT2D eigenvalue weighted by Gasteiger charge is -2.33. The molecule has 1 fully saturated rings. The van der Waals surface area contributed by atoms with E-state index in [1.807, 2.05) is 0 Å². The minimum absolute atomic E-state index is 0.369. The highest BCUT2D eigenvalue weighted by molar-refractivity contribution is 7.99. The number of carbonyl (C=O) groups excluding carboxylic acids is 1. The second-order valence-corrected chi connectivity index (χ2v) is 6.12. The molecule has 2 rings (SSSR count). The average Bonchev–Trinajstić information content (AvgIpc) is 2.40. The van der Waals surface area contributed by atoms with Crippen molar-refractivity contribution in [3.63, 3.8) is 0 Å². The van der Waals surface area contributed by atoms with E-state index >= 15 is 0 Å². The zero-order valence-electron chi connectivity index (χ0n) is 10.2. The SMILES string of the molecule is O=C(NC1(C(=O)O)CCSCC1)c1ccc(Cl)cc1. The Morgan fingerprint density at radius 2 is 1.79 bits per heavy atom. The Morgan fingerprint density at radius 3 is 2.32 bits per heavy atom. The number of hydrogen-bond donors (Lipinski definition) is 2. The van der Waals surface area contributed by atoms with E-state index in [0.29, 0.717) is 23.4 Å². The number of carboxylic acids is 1. The standard InChI is InChI=1S/C13H14ClNO3S/c14-10-3-1-9(2-4-10)11(16)15-13(12(17)18)5-7-19-8-6-13/h1-4H,5-8H2,(H,15,16)(H,17,18). The zero-order valence-corrected chi connectivity index (χ0v) is 11.8. The number of carbonyl (C=O) groups is 2. The molecule has 0 aliphatic carbocycles. The normalized spacial score (nSPS) is 17.7. The van der Waals surface area contributed by atoms with Crippen LogP contribution in [0.25, 0.3) is 0 Å². The fraction of sp³-hybridized carbons (Fsp3) is 0.385. The van der Waals surface area contributed by atoms with Crippen molar-refractivity contribution in [1.29, 1.82) is 0 Å². The van der Waals surface area contributed by atoms with Gasteiger partial charge in [-0.05, 0) is 48.6 Å². The van der Waals surface area contributed by atoms with Crippen LogP contribution >= 0.6 is 23.4 Å². The number of carboxylic acid groups (broad SMARTS) is 1. The van der Waals surface area contributed by atoms with Gasteiger partial charge >= 0.3 is 5.97 Å². The van der Waals surface area contributed by atoms with Gasteiger partial charge in [-0.25, -0.2) is 4.79 Å². The molecule has 0 unspecified atom stereocenters. The first-order valence-corrected chi connectivity index (χ1v) is 7.46. The molecule has 1 aromatic carbocycles. The number of amides is 1. The molecular formula is C13H14ClNO3S. The van der Waals surface area contributed by atoms with Crippen LogP contribution in [0.5, 0.6) is 0 Å². The van der Waals surface area contributed by atoms with Crippen LogP contribution in [-0.2, 0) is 4.79 Å². The summed E-state index contributed by atoms with van der Waals surface area (Å²) in [5.74, 6) is 0.154. The van der Waals surface area contributed by atoms with Gasteiger partial charge in [-0.15, -0.1) is 0 Å². The number of rotatable bonds is 3. The van der Waals surface area contributed by atoms with E-state index in [4.69, 9.17) is 11.6 Å². The number of hydrogen-bond acceptors (Lipinski definition) is 3. The van der Waals surface area contributed by atoms with Gasteiger partial charge in [-0.1, -0.05) is 11.6 Å². The van der Waals surface area contributed by atoms with Gasteiger partial charge < -0.3 is 10.4 Å². The second kappa shape index (κ2) is 5.84. The van der Waals surface area contributed by atoms with Crippen LogP contribution in [0.1, 0.15) is 23.2 Å². The summed E-state index contributed by atoms with van der Waals surface area (Å²) in [6.45, 7) is 0. The molecule has 0 aromatic heterocycles. The van der Waals surface area contributed by atoms with Crippen molar-refractivity contribution in [2.75, 3.05) is 11.5 Å². The van der Waals surface area contributed by atoms with Gasteiger partial charge in [0.2, 0.25) is 0 Å². The zero-order chi connectivity index (χ0) is 13.9. The van der Waals surface area contributed by atoms with Gasteiger partial charge in [-0.3, -0.25) is 4.79 Å². The van der Waals surface area contributed by atoms with Crippen molar-refractivity contribution in [3.05, 3.63) is 34.9 Å². The quantitative estimate of drug-likeness (QED) is 0.899. The highest BCUT2D eigenvalue weighted by Crippen LogP contribution is 2.27. The molecule has 19 heavy (non-hydrogen) atoms. The average molecular weight is 300 g/mol. The maximum Gasteiger partial charge on any atom is 0.329 e. The lowest BCUT2D eigenvalue weighted by atomic mass is 9.92. The van der Waals surface area contributed by atoms with Crippen molar-refractivity contribution in [2.45, 2.75) is 18.4 Å². The largest absolute Gasteiger partial charge is 0.480 e. The first-order chi connectivity index (χ1) is 9.03. The summed E-state index contributed by atoms with van der Waals surface area (Å²) in [6.07, 6.45) is 0.901. The molecule has 1 saturated heterocycles. The van der Waals surface area contributed by atoms with Gasteiger partial charge in [0.15, 0.2) is 0 Å². The van der Waals surface area contributed by atoms with E-state index < -0.39 is 11.5 Å². The summed E-state index contributed by atoms with van der Waals surface area (Å²) < 4.78 is 0. The molecule has 2 N–H and O–H groups in total. The summed E-state index contributed by atoms with van der Waals surface area (Å²) in [6, 6.07) is 6.40. The molecule has 1 aliphatic rings. The molecule has 4 nitrogen and oxygen atoms in total. The minimum atomic E-state index is -1.14. The lowest BCUT2D eigenvalue weighted by molar-refractivity contribution is -0.144. The second-order valence-electron chi connectivity index (χ2n) is 4.46. The van der Waals surface area contributed by atoms with Gasteiger partial charge in [-0.2, -0.15) is 11.8 Å². The van der Waals surface area contributed by atoms with E-state index in [1.54, 1.807) is 36.0 Å². The summed E-state index contributed by atoms with van der Waals surface area (Å²) in [7, 11) is 0. The minimum Gasteiger partial charge on any atom is -0.480 e. The van der Waals surface area contributed by atoms with Crippen molar-refractivity contribution in [2.24, 2.45) is 0 Å². The number of benzene rings is 1. The monoisotopic (exact) mass is 299 g/mol. The Labute approximate surface area is 120 Å². The van der Waals surface area contributed by atoms with E-state index in [-0.39, 0.29) is 5.91 Å². The van der Waals surface area contributed by atoms with Crippen LogP contribution in [-0.4, -0.2) is 34.0 Å². The first-order valence-electron chi connectivity index (χ1n) is 5.93. The molecule has 0 atom stereocenters. The van der Waals surface area contributed by atoms with Crippen molar-refractivity contribution in [1.82, 2.24) is 5.32 Å². The summed E-state index contributed by atoms with van der Waals surface area (Å²) >= 11 is 7.46. The molecular weight excluding hydrogens is 286 g/mol. The third kappa shape index (κ3) is 3.22. The highest BCUT2D eigenvalue weighted by Gasteiger charge is 2.41. The van der Waals surface area contributed by atoms with Gasteiger partial charge in [0.1, 0.15) is 5.54 Å². The maximum absolute atomic E-state index is 12.1. The number of nitrogens with one attached hydrogen (secondary N) is 1. The molecule has 1 amide bonds. The van der Waals surface area contributed by atoms with Crippen LogP contribution in [0.15, 0.2) is 24.3 Å². The molecule has 6 heteroatoms. The topological polar surface area (TPSA) is 66.4 Å². The number of halogens is 1. The van der Waals surface area contributed by atoms with Gasteiger partial charge in [0.05, 0.1) is 0 Å². The van der Waals surface area contributed by atoms with E-state index in [0.717, 1.165) is 11.5 Å². The van der Waals surface area contributed by atoms with Crippen molar-refractivity contribution >= 4 is 35.2 Å². The molecule has 0 bridgehead atoms. The third-order valence-electron chi connectivity index (χ3n) is 3.21. The molecule has 0 radical (unpaired) electrons. The molecule has 1 aliphatic heterocycles. The Morgan fingerprint density at radius 1 is 1.21 bits per heavy atom. The fourth-order valence-electron chi connectivity index (χ4n) is 2.00. The Kier molecular flexibility index (Phi) is 4.37. The lowest BCUT2D eigenvalue weighted by Crippen LogP contribution is -2.56. The molecule has 102 valence electrons. The molecule has 1 aromatic rings. The van der Waals surface area contributed by atoms with Crippen LogP contribution in [0, 0.1) is 0 Å². The van der Waals surface area contributed by atoms with Crippen LogP contribution in [0.3, 0.4) is 0 Å². The van der Waals surface area contributed by atoms with Gasteiger partial charge in [0.25, 0.3) is 5.91 Å². The van der Waals surface area contributed by atoms with Gasteiger partial charge in [0, 0.05) is 10.6 Å². The maximum atomic E-state index is 12.1. The van der Waals surface area contributed by atoms with E-state index in [2.05, 4.69) is 5.32 Å². The Hall–Kier alpha value is -1.20. The fourth-order valence-corrected chi connectivity index (χ4v) is 3.32. The van der Waals surface area contributed by atoms with E-state index in [9.17, 15) is 14.7 Å². The number of thioether (sulfide) groups is 1. The van der Waals surface area contributed by atoms with Crippen molar-refractivity contribution in [3.8, 4) is 0 Å². The van der Waals surface area contributed by atoms with Crippen LogP contribution in [0.4, 0.5) is 0 Å². The molecule has 1 heterocycles. The summed E-state index contributed by atoms with van der Waals surface area (Å²) in [4.78, 5) is 23.6. The predicted molar refractivity (Wildman–Crippen MR) is 75.8 cm³/mol. The van der Waals surface area contributed by atoms with Crippen molar-refractivity contribution < 1.29 is 14.7 Å². The van der Waals surface area contributed by atoms with E-state index in [1.165, 1.54) is 0 Å². The predicted octanol–water partition coefficient (Wildman–Crippen LogP) is 2.42. The highest BCUT2D eigenvalue weighted by atomic mass is 35.5. The first kappa shape index (κ1) is 14.2. The third-order valence-corrected chi connectivity index (χ3v) is 4.45. The summed E-state index contributed by atoms with van der Waals surface area (Å²) in [5, 5.41) is 12.6. The van der Waals surface area contributed by atoms with Crippen LogP contribution < -0.4 is 5.32 Å².